The number of anilines is 1. The van der Waals surface area contributed by atoms with Crippen molar-refractivity contribution in [2.24, 2.45) is 0 Å². The van der Waals surface area contributed by atoms with Crippen molar-refractivity contribution in [1.82, 2.24) is 10.2 Å². The van der Waals surface area contributed by atoms with Crippen LogP contribution in [0.5, 0.6) is 0 Å². The molecule has 2 rings (SSSR count). The van der Waals surface area contributed by atoms with E-state index in [-0.39, 0.29) is 12.5 Å². The monoisotopic (exact) mass is 331 g/mol. The molecule has 0 aromatic heterocycles. The van der Waals surface area contributed by atoms with E-state index in [1.54, 1.807) is 18.2 Å². The lowest BCUT2D eigenvalue weighted by atomic mass is 10.3. The van der Waals surface area contributed by atoms with Gasteiger partial charge in [-0.05, 0) is 18.2 Å². The van der Waals surface area contributed by atoms with Crippen molar-refractivity contribution in [3.63, 3.8) is 0 Å². The molecule has 7 heteroatoms. The molecule has 0 unspecified atom stereocenters. The molecule has 1 amide bonds. The highest BCUT2D eigenvalue weighted by molar-refractivity contribution is 6.42. The lowest BCUT2D eigenvalue weighted by Gasteiger charge is -2.26. The predicted octanol–water partition coefficient (Wildman–Crippen LogP) is 1.85. The minimum Gasteiger partial charge on any atom is -0.379 e. The minimum absolute atomic E-state index is 0.102. The summed E-state index contributed by atoms with van der Waals surface area (Å²) in [6.45, 7) is 5.45. The third-order valence-electron chi connectivity index (χ3n) is 3.20. The SMILES string of the molecule is O=C(CNCCN1CCOCC1)Nc1ccc(Cl)c(Cl)c1. The Labute approximate surface area is 134 Å². The second-order valence-electron chi connectivity index (χ2n) is 4.81. The first-order valence-electron chi connectivity index (χ1n) is 6.91. The summed E-state index contributed by atoms with van der Waals surface area (Å²) in [7, 11) is 0. The first-order chi connectivity index (χ1) is 10.1. The number of benzene rings is 1. The number of hydrogen-bond acceptors (Lipinski definition) is 4. The summed E-state index contributed by atoms with van der Waals surface area (Å²) in [6.07, 6.45) is 0. The maximum absolute atomic E-state index is 11.8. The Morgan fingerprint density at radius 1 is 1.24 bits per heavy atom. The summed E-state index contributed by atoms with van der Waals surface area (Å²) >= 11 is 11.7. The van der Waals surface area contributed by atoms with Crippen LogP contribution in [0.15, 0.2) is 18.2 Å². The molecule has 21 heavy (non-hydrogen) atoms. The third-order valence-corrected chi connectivity index (χ3v) is 3.94. The standard InChI is InChI=1S/C14H19Cl2N3O2/c15-12-2-1-11(9-13(12)16)18-14(20)10-17-3-4-19-5-7-21-8-6-19/h1-2,9,17H,3-8,10H2,(H,18,20). The van der Waals surface area contributed by atoms with Gasteiger partial charge < -0.3 is 15.4 Å². The zero-order valence-electron chi connectivity index (χ0n) is 11.7. The van der Waals surface area contributed by atoms with E-state index >= 15 is 0 Å². The number of amides is 1. The molecule has 1 aromatic rings. The van der Waals surface area contributed by atoms with E-state index in [0.717, 1.165) is 39.4 Å². The van der Waals surface area contributed by atoms with E-state index in [1.165, 1.54) is 0 Å². The fourth-order valence-corrected chi connectivity index (χ4v) is 2.34. The molecule has 1 saturated heterocycles. The molecule has 0 saturated carbocycles. The molecular formula is C14H19Cl2N3O2. The highest BCUT2D eigenvalue weighted by Gasteiger charge is 2.09. The molecule has 1 fully saturated rings. The zero-order valence-corrected chi connectivity index (χ0v) is 13.2. The van der Waals surface area contributed by atoms with Crippen molar-refractivity contribution in [2.75, 3.05) is 51.3 Å². The van der Waals surface area contributed by atoms with Gasteiger partial charge in [-0.2, -0.15) is 0 Å². The summed E-state index contributed by atoms with van der Waals surface area (Å²) < 4.78 is 5.28. The van der Waals surface area contributed by atoms with Crippen LogP contribution in [0.25, 0.3) is 0 Å². The van der Waals surface area contributed by atoms with Crippen molar-refractivity contribution >= 4 is 34.8 Å². The zero-order chi connectivity index (χ0) is 15.1. The van der Waals surface area contributed by atoms with E-state index in [2.05, 4.69) is 15.5 Å². The first-order valence-corrected chi connectivity index (χ1v) is 7.66. The van der Waals surface area contributed by atoms with Gasteiger partial charge in [-0.3, -0.25) is 9.69 Å². The van der Waals surface area contributed by atoms with Gasteiger partial charge in [0.25, 0.3) is 0 Å². The Kier molecular flexibility index (Phi) is 6.73. The van der Waals surface area contributed by atoms with Gasteiger partial charge >= 0.3 is 0 Å². The van der Waals surface area contributed by atoms with Gasteiger partial charge in [0.05, 0.1) is 29.8 Å². The molecule has 0 aliphatic carbocycles. The lowest BCUT2D eigenvalue weighted by Crippen LogP contribution is -2.41. The number of rotatable bonds is 6. The number of hydrogen-bond donors (Lipinski definition) is 2. The third kappa shape index (κ3) is 5.80. The summed E-state index contributed by atoms with van der Waals surface area (Å²) in [5.41, 5.74) is 0.643. The van der Waals surface area contributed by atoms with Crippen molar-refractivity contribution in [2.45, 2.75) is 0 Å². The molecule has 1 aromatic carbocycles. The van der Waals surface area contributed by atoms with Crippen molar-refractivity contribution in [3.05, 3.63) is 28.2 Å². The van der Waals surface area contributed by atoms with E-state index in [4.69, 9.17) is 27.9 Å². The molecule has 5 nitrogen and oxygen atoms in total. The average molecular weight is 332 g/mol. The van der Waals surface area contributed by atoms with E-state index in [1.807, 2.05) is 0 Å². The van der Waals surface area contributed by atoms with Crippen molar-refractivity contribution < 1.29 is 9.53 Å². The van der Waals surface area contributed by atoms with Crippen LogP contribution in [-0.4, -0.2) is 56.7 Å². The number of morpholine rings is 1. The molecule has 116 valence electrons. The maximum Gasteiger partial charge on any atom is 0.238 e. The molecule has 1 aliphatic heterocycles. The number of nitrogens with one attached hydrogen (secondary N) is 2. The van der Waals surface area contributed by atoms with Gasteiger partial charge in [-0.1, -0.05) is 23.2 Å². The van der Waals surface area contributed by atoms with Gasteiger partial charge in [-0.15, -0.1) is 0 Å². The molecule has 1 heterocycles. The van der Waals surface area contributed by atoms with Gasteiger partial charge in [0.1, 0.15) is 0 Å². The predicted molar refractivity (Wildman–Crippen MR) is 85.2 cm³/mol. The second-order valence-corrected chi connectivity index (χ2v) is 5.62. The van der Waals surface area contributed by atoms with Crippen LogP contribution in [-0.2, 0) is 9.53 Å². The molecule has 0 bridgehead atoms. The number of nitrogens with zero attached hydrogens (tertiary/aromatic N) is 1. The Balaban J connectivity index is 1.63. The molecule has 2 N–H and O–H groups in total. The fourth-order valence-electron chi connectivity index (χ4n) is 2.04. The molecule has 0 radical (unpaired) electrons. The van der Waals surface area contributed by atoms with E-state index in [0.29, 0.717) is 15.7 Å². The minimum atomic E-state index is -0.102. The number of halogens is 2. The smallest absolute Gasteiger partial charge is 0.238 e. The Hall–Kier alpha value is -0.850. The molecule has 0 spiro atoms. The van der Waals surface area contributed by atoms with Crippen LogP contribution in [0, 0.1) is 0 Å². The van der Waals surface area contributed by atoms with Crippen LogP contribution in [0.3, 0.4) is 0 Å². The molecular weight excluding hydrogens is 313 g/mol. The van der Waals surface area contributed by atoms with Crippen LogP contribution in [0.1, 0.15) is 0 Å². The highest BCUT2D eigenvalue weighted by atomic mass is 35.5. The van der Waals surface area contributed by atoms with E-state index in [9.17, 15) is 4.79 Å². The van der Waals surface area contributed by atoms with Gasteiger partial charge in [0.15, 0.2) is 0 Å². The maximum atomic E-state index is 11.8. The van der Waals surface area contributed by atoms with Crippen LogP contribution >= 0.6 is 23.2 Å². The highest BCUT2D eigenvalue weighted by Crippen LogP contribution is 2.24. The average Bonchev–Trinajstić information content (AvgIpc) is 2.49. The number of carbonyl (C=O) groups is 1. The lowest BCUT2D eigenvalue weighted by molar-refractivity contribution is -0.115. The summed E-state index contributed by atoms with van der Waals surface area (Å²) in [5, 5.41) is 6.79. The van der Waals surface area contributed by atoms with Gasteiger partial charge in [0.2, 0.25) is 5.91 Å². The Morgan fingerprint density at radius 3 is 2.71 bits per heavy atom. The van der Waals surface area contributed by atoms with E-state index < -0.39 is 0 Å². The first kappa shape index (κ1) is 16.5. The normalized spacial score (nSPS) is 15.9. The van der Waals surface area contributed by atoms with Crippen LogP contribution < -0.4 is 10.6 Å². The van der Waals surface area contributed by atoms with Crippen molar-refractivity contribution in [1.29, 1.82) is 0 Å². The fraction of sp³-hybridized carbons (Fsp3) is 0.500. The van der Waals surface area contributed by atoms with Crippen molar-refractivity contribution in [3.8, 4) is 0 Å². The Morgan fingerprint density at radius 2 is 2.00 bits per heavy atom. The summed E-state index contributed by atoms with van der Waals surface area (Å²) in [4.78, 5) is 14.1. The topological polar surface area (TPSA) is 53.6 Å². The van der Waals surface area contributed by atoms with Gasteiger partial charge in [-0.25, -0.2) is 0 Å². The molecule has 0 atom stereocenters. The van der Waals surface area contributed by atoms with Crippen LogP contribution in [0.4, 0.5) is 5.69 Å². The Bertz CT molecular complexity index is 479. The summed E-state index contributed by atoms with van der Waals surface area (Å²) in [6, 6.07) is 5.01. The molecule has 1 aliphatic rings. The summed E-state index contributed by atoms with van der Waals surface area (Å²) in [5.74, 6) is -0.102. The van der Waals surface area contributed by atoms with Gasteiger partial charge in [0, 0.05) is 31.9 Å². The second kappa shape index (κ2) is 8.56. The van der Waals surface area contributed by atoms with Crippen LogP contribution in [0.2, 0.25) is 10.0 Å². The quantitative estimate of drug-likeness (QED) is 0.781. The number of carbonyl (C=O) groups excluding carboxylic acids is 1. The number of ether oxygens (including phenoxy) is 1. The largest absolute Gasteiger partial charge is 0.379 e.